The van der Waals surface area contributed by atoms with Crippen molar-refractivity contribution in [3.05, 3.63) is 109 Å². The van der Waals surface area contributed by atoms with Crippen LogP contribution in [0.25, 0.3) is 0 Å². The van der Waals surface area contributed by atoms with Gasteiger partial charge in [-0.05, 0) is 67.4 Å². The lowest BCUT2D eigenvalue weighted by molar-refractivity contribution is -0.384. The molecule has 0 unspecified atom stereocenters. The lowest BCUT2D eigenvalue weighted by Gasteiger charge is -2.10. The number of nitro groups is 1. The molecular weight excluding hydrogens is 552 g/mol. The molecule has 1 N–H and O–H groups in total. The molecule has 184 valence electrons. The first-order valence-electron chi connectivity index (χ1n) is 10.7. The first kappa shape index (κ1) is 25.3. The Morgan fingerprint density at radius 1 is 1.03 bits per heavy atom. The molecule has 36 heavy (non-hydrogen) atoms. The largest absolute Gasteiger partial charge is 0.484 e. The summed E-state index contributed by atoms with van der Waals surface area (Å²) in [6, 6.07) is 18.0. The number of rotatable bonds is 8. The predicted molar refractivity (Wildman–Crippen MR) is 139 cm³/mol. The number of amides is 1. The van der Waals surface area contributed by atoms with Gasteiger partial charge in [0.1, 0.15) is 29.6 Å². The van der Waals surface area contributed by atoms with E-state index in [0.29, 0.717) is 22.3 Å². The number of carbonyl (C=O) groups is 1. The molecular formula is C26H20BrClN2O6. The maximum Gasteiger partial charge on any atom is 0.291 e. The lowest BCUT2D eigenvalue weighted by Crippen LogP contribution is -2.11. The Hall–Kier alpha value is -3.82. The molecule has 0 aliphatic rings. The fourth-order valence-electron chi connectivity index (χ4n) is 3.46. The molecule has 0 radical (unpaired) electrons. The highest BCUT2D eigenvalue weighted by Crippen LogP contribution is 2.31. The molecule has 0 spiro atoms. The van der Waals surface area contributed by atoms with Gasteiger partial charge >= 0.3 is 0 Å². The van der Waals surface area contributed by atoms with Crippen molar-refractivity contribution in [2.75, 3.05) is 5.32 Å². The molecule has 1 amide bonds. The molecule has 0 bridgehead atoms. The van der Waals surface area contributed by atoms with Crippen molar-refractivity contribution in [1.82, 2.24) is 0 Å². The Balaban J connectivity index is 1.48. The zero-order valence-electron chi connectivity index (χ0n) is 19.2. The maximum absolute atomic E-state index is 12.8. The second kappa shape index (κ2) is 10.8. The lowest BCUT2D eigenvalue weighted by atomic mass is 10.1. The van der Waals surface area contributed by atoms with Gasteiger partial charge in [-0.25, -0.2) is 0 Å². The Morgan fingerprint density at radius 3 is 2.44 bits per heavy atom. The number of aryl methyl sites for hydroxylation is 2. The molecule has 1 heterocycles. The number of anilines is 1. The summed E-state index contributed by atoms with van der Waals surface area (Å²) in [4.78, 5) is 23.6. The Bertz CT molecular complexity index is 1430. The molecule has 8 nitrogen and oxygen atoms in total. The highest BCUT2D eigenvalue weighted by Gasteiger charge is 2.17. The number of furan rings is 1. The van der Waals surface area contributed by atoms with Crippen LogP contribution in [0.5, 0.6) is 17.2 Å². The summed E-state index contributed by atoms with van der Waals surface area (Å²) in [5.74, 6) is 1.04. The monoisotopic (exact) mass is 570 g/mol. The molecule has 0 atom stereocenters. The number of non-ortho nitro benzene ring substituents is 1. The van der Waals surface area contributed by atoms with E-state index in [0.717, 1.165) is 15.6 Å². The van der Waals surface area contributed by atoms with Crippen LogP contribution >= 0.6 is 27.5 Å². The van der Waals surface area contributed by atoms with Gasteiger partial charge < -0.3 is 19.2 Å². The fraction of sp³-hybridized carbons (Fsp3) is 0.115. The smallest absolute Gasteiger partial charge is 0.291 e. The molecule has 0 fully saturated rings. The minimum absolute atomic E-state index is 0.0128. The van der Waals surface area contributed by atoms with Crippen molar-refractivity contribution in [1.29, 1.82) is 0 Å². The molecule has 0 saturated heterocycles. The van der Waals surface area contributed by atoms with E-state index in [-0.39, 0.29) is 29.5 Å². The number of halogens is 2. The standard InChI is InChI=1S/C26H20BrClN2O6/c1-15-7-16(2)9-21(8-15)35-22-12-18(11-19(13-22)30(32)33)29-26(31)25-6-4-20(36-25)14-34-24-5-3-17(27)10-23(24)28/h3-13H,14H2,1-2H3,(H,29,31). The predicted octanol–water partition coefficient (Wildman–Crippen LogP) is 7.84. The van der Waals surface area contributed by atoms with Gasteiger partial charge in [-0.3, -0.25) is 14.9 Å². The summed E-state index contributed by atoms with van der Waals surface area (Å²) in [6.07, 6.45) is 0. The maximum atomic E-state index is 12.8. The minimum atomic E-state index is -0.583. The first-order valence-corrected chi connectivity index (χ1v) is 11.9. The van der Waals surface area contributed by atoms with Gasteiger partial charge in [-0.2, -0.15) is 0 Å². The SMILES string of the molecule is Cc1cc(C)cc(Oc2cc(NC(=O)c3ccc(COc4ccc(Br)cc4Cl)o3)cc([N+](=O)[O-])c2)c1. The van der Waals surface area contributed by atoms with E-state index in [1.165, 1.54) is 24.3 Å². The average molecular weight is 572 g/mol. The number of hydrogen-bond acceptors (Lipinski definition) is 6. The van der Waals surface area contributed by atoms with Crippen LogP contribution < -0.4 is 14.8 Å². The number of benzene rings is 3. The molecule has 1 aromatic heterocycles. The summed E-state index contributed by atoms with van der Waals surface area (Å²) >= 11 is 9.48. The quantitative estimate of drug-likeness (QED) is 0.171. The highest BCUT2D eigenvalue weighted by molar-refractivity contribution is 9.10. The number of hydrogen-bond donors (Lipinski definition) is 1. The van der Waals surface area contributed by atoms with Crippen molar-refractivity contribution in [3.63, 3.8) is 0 Å². The van der Waals surface area contributed by atoms with E-state index >= 15 is 0 Å². The third-order valence-corrected chi connectivity index (χ3v) is 5.73. The molecule has 4 rings (SSSR count). The summed E-state index contributed by atoms with van der Waals surface area (Å²) in [6.45, 7) is 3.91. The number of carbonyl (C=O) groups excluding carboxylic acids is 1. The fourth-order valence-corrected chi connectivity index (χ4v) is 4.19. The Morgan fingerprint density at radius 2 is 1.75 bits per heavy atom. The zero-order valence-corrected chi connectivity index (χ0v) is 21.6. The van der Waals surface area contributed by atoms with Gasteiger partial charge in [0.05, 0.1) is 21.7 Å². The first-order chi connectivity index (χ1) is 17.2. The van der Waals surface area contributed by atoms with E-state index in [9.17, 15) is 14.9 Å². The zero-order chi connectivity index (χ0) is 25.8. The van der Waals surface area contributed by atoms with Gasteiger partial charge in [0.2, 0.25) is 0 Å². The van der Waals surface area contributed by atoms with Crippen LogP contribution in [0.3, 0.4) is 0 Å². The van der Waals surface area contributed by atoms with E-state index in [2.05, 4.69) is 21.2 Å². The van der Waals surface area contributed by atoms with Crippen molar-refractivity contribution >= 4 is 44.8 Å². The Kier molecular flexibility index (Phi) is 7.61. The molecule has 4 aromatic rings. The van der Waals surface area contributed by atoms with Crippen LogP contribution in [-0.4, -0.2) is 10.8 Å². The number of ether oxygens (including phenoxy) is 2. The van der Waals surface area contributed by atoms with E-state index in [4.69, 9.17) is 25.5 Å². The molecule has 3 aromatic carbocycles. The molecule has 10 heteroatoms. The van der Waals surface area contributed by atoms with Gasteiger partial charge in [-0.15, -0.1) is 0 Å². The van der Waals surface area contributed by atoms with Crippen molar-refractivity contribution < 1.29 is 23.6 Å². The molecule has 0 aliphatic heterocycles. The highest BCUT2D eigenvalue weighted by atomic mass is 79.9. The van der Waals surface area contributed by atoms with E-state index in [1.54, 1.807) is 24.3 Å². The molecule has 0 aliphatic carbocycles. The summed E-state index contributed by atoms with van der Waals surface area (Å²) in [7, 11) is 0. The third-order valence-electron chi connectivity index (χ3n) is 4.94. The van der Waals surface area contributed by atoms with Crippen molar-refractivity contribution in [2.24, 2.45) is 0 Å². The Labute approximate surface area is 220 Å². The van der Waals surface area contributed by atoms with E-state index in [1.807, 2.05) is 32.0 Å². The van der Waals surface area contributed by atoms with Crippen molar-refractivity contribution in [2.45, 2.75) is 20.5 Å². The number of nitro benzene ring substituents is 1. The normalized spacial score (nSPS) is 10.7. The van der Waals surface area contributed by atoms with Crippen LogP contribution in [0.4, 0.5) is 11.4 Å². The second-order valence-electron chi connectivity index (χ2n) is 7.98. The average Bonchev–Trinajstić information content (AvgIpc) is 3.27. The summed E-state index contributed by atoms with van der Waals surface area (Å²) in [5, 5.41) is 14.5. The van der Waals surface area contributed by atoms with Crippen LogP contribution in [-0.2, 0) is 6.61 Å². The van der Waals surface area contributed by atoms with Gasteiger partial charge in [0.25, 0.3) is 11.6 Å². The second-order valence-corrected chi connectivity index (χ2v) is 9.30. The van der Waals surface area contributed by atoms with Crippen molar-refractivity contribution in [3.8, 4) is 17.2 Å². The third kappa shape index (κ3) is 6.44. The van der Waals surface area contributed by atoms with Crippen LogP contribution in [0.2, 0.25) is 5.02 Å². The van der Waals surface area contributed by atoms with Gasteiger partial charge in [-0.1, -0.05) is 33.6 Å². The minimum Gasteiger partial charge on any atom is -0.484 e. The van der Waals surface area contributed by atoms with Gasteiger partial charge in [0.15, 0.2) is 5.76 Å². The molecule has 0 saturated carbocycles. The van der Waals surface area contributed by atoms with Crippen LogP contribution in [0, 0.1) is 24.0 Å². The number of nitrogens with zero attached hydrogens (tertiary/aromatic N) is 1. The number of nitrogens with one attached hydrogen (secondary N) is 1. The van der Waals surface area contributed by atoms with E-state index < -0.39 is 10.8 Å². The van der Waals surface area contributed by atoms with Crippen LogP contribution in [0.1, 0.15) is 27.4 Å². The van der Waals surface area contributed by atoms with Crippen LogP contribution in [0.15, 0.2) is 75.6 Å². The topological polar surface area (TPSA) is 104 Å². The summed E-state index contributed by atoms with van der Waals surface area (Å²) in [5.41, 5.74) is 1.93. The summed E-state index contributed by atoms with van der Waals surface area (Å²) < 4.78 is 17.9. The van der Waals surface area contributed by atoms with Gasteiger partial charge in [0, 0.05) is 16.6 Å².